The highest BCUT2D eigenvalue weighted by molar-refractivity contribution is 6.74. The first-order valence-corrected chi connectivity index (χ1v) is 8.46. The maximum absolute atomic E-state index is 5.43. The summed E-state index contributed by atoms with van der Waals surface area (Å²) in [6.45, 7) is 10.6. The minimum atomic E-state index is -0.705. The number of ether oxygens (including phenoxy) is 1. The Labute approximate surface area is 113 Å². The molecule has 1 rings (SSSR count). The van der Waals surface area contributed by atoms with Gasteiger partial charge in [0.25, 0.3) is 0 Å². The molecule has 1 aromatic rings. The van der Waals surface area contributed by atoms with Crippen molar-refractivity contribution in [2.45, 2.75) is 13.8 Å². The van der Waals surface area contributed by atoms with Crippen molar-refractivity contribution in [2.75, 3.05) is 32.6 Å². The summed E-state index contributed by atoms with van der Waals surface area (Å²) >= 11 is 0. The summed E-state index contributed by atoms with van der Waals surface area (Å²) in [5.41, 5.74) is 1.26. The summed E-state index contributed by atoms with van der Waals surface area (Å²) in [4.78, 5) is 2.48. The molecule has 0 fully saturated rings. The van der Waals surface area contributed by atoms with E-state index in [4.69, 9.17) is 4.74 Å². The average Bonchev–Trinajstić information content (AvgIpc) is 2.43. The lowest BCUT2D eigenvalue weighted by Crippen LogP contribution is -2.47. The van der Waals surface area contributed by atoms with Gasteiger partial charge < -0.3 is 9.64 Å². The van der Waals surface area contributed by atoms with Crippen LogP contribution in [0.3, 0.4) is 0 Å². The molecule has 3 heteroatoms. The molecule has 0 unspecified atom stereocenters. The minimum absolute atomic E-state index is 0.705. The van der Waals surface area contributed by atoms with Crippen molar-refractivity contribution < 1.29 is 4.74 Å². The third kappa shape index (κ3) is 4.09. The fourth-order valence-corrected chi connectivity index (χ4v) is 4.78. The molecule has 0 bridgehead atoms. The third-order valence-electron chi connectivity index (χ3n) is 3.19. The van der Waals surface area contributed by atoms with Gasteiger partial charge in [-0.1, -0.05) is 56.0 Å². The number of rotatable bonds is 8. The lowest BCUT2D eigenvalue weighted by Gasteiger charge is -2.24. The van der Waals surface area contributed by atoms with Crippen molar-refractivity contribution in [3.8, 4) is 0 Å². The smallest absolute Gasteiger partial charge is 0.132 e. The zero-order valence-electron chi connectivity index (χ0n) is 11.8. The summed E-state index contributed by atoms with van der Waals surface area (Å²) in [7, 11) is 1.09. The second kappa shape index (κ2) is 8.24. The summed E-state index contributed by atoms with van der Waals surface area (Å²) in [5.74, 6) is 0. The monoisotopic (exact) mass is 262 g/mol. The van der Waals surface area contributed by atoms with Crippen LogP contribution in [-0.2, 0) is 4.74 Å². The van der Waals surface area contributed by atoms with Gasteiger partial charge in [0.05, 0.1) is 0 Å². The molecule has 0 aliphatic carbocycles. The lowest BCUT2D eigenvalue weighted by atomic mass is 10.2. The van der Waals surface area contributed by atoms with Gasteiger partial charge in [-0.05, 0) is 24.8 Å². The zero-order valence-corrected chi connectivity index (χ0v) is 12.8. The van der Waals surface area contributed by atoms with Crippen LogP contribution >= 0.6 is 0 Å². The summed E-state index contributed by atoms with van der Waals surface area (Å²) in [5, 5.41) is 1.44. The molecular formula is C15H24NOSi. The van der Waals surface area contributed by atoms with E-state index in [-0.39, 0.29) is 0 Å². The average molecular weight is 262 g/mol. The summed E-state index contributed by atoms with van der Waals surface area (Å²) in [6.07, 6.45) is 3.94. The number of hydrogen-bond acceptors (Lipinski definition) is 2. The highest BCUT2D eigenvalue weighted by Gasteiger charge is 2.19. The molecule has 0 aromatic heterocycles. The van der Waals surface area contributed by atoms with E-state index in [2.05, 4.69) is 49.6 Å². The molecule has 1 radical (unpaired) electrons. The first-order chi connectivity index (χ1) is 8.76. The van der Waals surface area contributed by atoms with Crippen LogP contribution in [0.15, 0.2) is 30.8 Å². The molecule has 1 aromatic carbocycles. The molecule has 99 valence electrons. The molecule has 0 amide bonds. The second-order valence-electron chi connectivity index (χ2n) is 4.29. The predicted octanol–water partition coefficient (Wildman–Crippen LogP) is 2.10. The van der Waals surface area contributed by atoms with Crippen LogP contribution in [0.4, 0.5) is 0 Å². The topological polar surface area (TPSA) is 12.5 Å². The Morgan fingerprint density at radius 1 is 1.28 bits per heavy atom. The number of nitrogens with zero attached hydrogens (tertiary/aromatic N) is 1. The maximum atomic E-state index is 5.43. The van der Waals surface area contributed by atoms with Gasteiger partial charge in [-0.15, -0.1) is 0 Å². The Balaban J connectivity index is 2.92. The normalized spacial score (nSPS) is 11.2. The lowest BCUT2D eigenvalue weighted by molar-refractivity contribution is 0.245. The highest BCUT2D eigenvalue weighted by Crippen LogP contribution is 2.02. The Hall–Kier alpha value is -0.903. The van der Waals surface area contributed by atoms with E-state index in [0.717, 1.165) is 25.5 Å². The number of hydrogen-bond donors (Lipinski definition) is 0. The first-order valence-electron chi connectivity index (χ1n) is 6.54. The van der Waals surface area contributed by atoms with E-state index in [0.29, 0.717) is 0 Å². The zero-order chi connectivity index (χ0) is 13.4. The van der Waals surface area contributed by atoms with E-state index in [1.807, 2.05) is 6.08 Å². The van der Waals surface area contributed by atoms with E-state index in [1.54, 1.807) is 7.11 Å². The van der Waals surface area contributed by atoms with Crippen LogP contribution in [0.2, 0.25) is 0 Å². The van der Waals surface area contributed by atoms with Crippen molar-refractivity contribution in [3.05, 3.63) is 36.4 Å². The van der Waals surface area contributed by atoms with Crippen LogP contribution in [0.5, 0.6) is 0 Å². The predicted molar refractivity (Wildman–Crippen MR) is 81.6 cm³/mol. The molecular weight excluding hydrogens is 238 g/mol. The second-order valence-corrected chi connectivity index (χ2v) is 6.64. The highest BCUT2D eigenvalue weighted by atomic mass is 28.3. The fraction of sp³-hybridized carbons (Fsp3) is 0.467. The van der Waals surface area contributed by atoms with Crippen molar-refractivity contribution in [3.63, 3.8) is 0 Å². The molecule has 0 saturated carbocycles. The fourth-order valence-electron chi connectivity index (χ4n) is 2.10. The standard InChI is InChI=1S/C15H24NOSi/c1-5-14-10-8-9-11-15(14)18(13-17-4)12-16(6-2)7-3/h5,8-11H,1,6-7,12-13H2,2-4H3. The van der Waals surface area contributed by atoms with Gasteiger partial charge in [0.1, 0.15) is 8.80 Å². The van der Waals surface area contributed by atoms with Gasteiger partial charge in [0.2, 0.25) is 0 Å². The quantitative estimate of drug-likeness (QED) is 0.665. The first kappa shape index (κ1) is 15.2. The van der Waals surface area contributed by atoms with Gasteiger partial charge in [-0.25, -0.2) is 0 Å². The van der Waals surface area contributed by atoms with Crippen molar-refractivity contribution >= 4 is 20.1 Å². The summed E-state index contributed by atoms with van der Waals surface area (Å²) in [6, 6.07) is 8.56. The van der Waals surface area contributed by atoms with Crippen LogP contribution < -0.4 is 5.19 Å². The molecule has 2 nitrogen and oxygen atoms in total. The van der Waals surface area contributed by atoms with Gasteiger partial charge in [-0.3, -0.25) is 0 Å². The molecule has 0 heterocycles. The van der Waals surface area contributed by atoms with Crippen molar-refractivity contribution in [2.24, 2.45) is 0 Å². The van der Waals surface area contributed by atoms with Crippen LogP contribution in [-0.4, -0.2) is 46.3 Å². The van der Waals surface area contributed by atoms with E-state index in [9.17, 15) is 0 Å². The van der Waals surface area contributed by atoms with Crippen LogP contribution in [0.1, 0.15) is 19.4 Å². The van der Waals surface area contributed by atoms with E-state index >= 15 is 0 Å². The number of benzene rings is 1. The third-order valence-corrected chi connectivity index (χ3v) is 5.87. The minimum Gasteiger partial charge on any atom is -0.388 e. The Bertz CT molecular complexity index is 363. The van der Waals surface area contributed by atoms with E-state index < -0.39 is 8.80 Å². The Morgan fingerprint density at radius 2 is 1.94 bits per heavy atom. The van der Waals surface area contributed by atoms with Crippen LogP contribution in [0.25, 0.3) is 6.08 Å². The molecule has 0 atom stereocenters. The molecule has 0 spiro atoms. The van der Waals surface area contributed by atoms with Gasteiger partial charge in [0.15, 0.2) is 0 Å². The van der Waals surface area contributed by atoms with Gasteiger partial charge in [-0.2, -0.15) is 0 Å². The largest absolute Gasteiger partial charge is 0.388 e. The van der Waals surface area contributed by atoms with E-state index in [1.165, 1.54) is 10.8 Å². The Kier molecular flexibility index (Phi) is 6.94. The van der Waals surface area contributed by atoms with Gasteiger partial charge in [0, 0.05) is 13.3 Å². The maximum Gasteiger partial charge on any atom is 0.132 e. The Morgan fingerprint density at radius 3 is 2.50 bits per heavy atom. The summed E-state index contributed by atoms with van der Waals surface area (Å²) < 4.78 is 5.43. The molecule has 18 heavy (non-hydrogen) atoms. The molecule has 0 aliphatic rings. The SMILES string of the molecule is C=Cc1ccccc1[Si](COC)CN(CC)CC. The van der Waals surface area contributed by atoms with Crippen LogP contribution in [0, 0.1) is 0 Å². The van der Waals surface area contributed by atoms with Crippen molar-refractivity contribution in [1.29, 1.82) is 0 Å². The molecule has 0 N–H and O–H groups in total. The van der Waals surface area contributed by atoms with Crippen molar-refractivity contribution in [1.82, 2.24) is 4.90 Å². The molecule has 0 saturated heterocycles. The van der Waals surface area contributed by atoms with Gasteiger partial charge >= 0.3 is 0 Å². The molecule has 0 aliphatic heterocycles. The number of methoxy groups -OCH3 is 1.